The molecule has 2 amide bonds. The van der Waals surface area contributed by atoms with Crippen LogP contribution >= 0.6 is 39.1 Å². The predicted octanol–water partition coefficient (Wildman–Crippen LogP) is 5.47. The Morgan fingerprint density at radius 1 is 1.17 bits per heavy atom. The lowest BCUT2D eigenvalue weighted by Gasteiger charge is -2.31. The molecule has 0 aliphatic heterocycles. The highest BCUT2D eigenvalue weighted by molar-refractivity contribution is 9.10. The van der Waals surface area contributed by atoms with E-state index in [1.807, 2.05) is 26.8 Å². The Morgan fingerprint density at radius 3 is 2.47 bits per heavy atom. The lowest BCUT2D eigenvalue weighted by atomic mass is 10.1. The zero-order valence-corrected chi connectivity index (χ0v) is 20.4. The number of hydrogen-bond donors (Lipinski definition) is 1. The molecule has 8 heteroatoms. The highest BCUT2D eigenvalue weighted by Crippen LogP contribution is 2.28. The van der Waals surface area contributed by atoms with E-state index in [0.717, 1.165) is 10.0 Å². The SMILES string of the molecule is CC(C(=O)NC(C)(C)C)N(Cc1cccc(Cl)c1)C(=O)COc1ccc(Br)cc1Cl. The maximum atomic E-state index is 13.0. The summed E-state index contributed by atoms with van der Waals surface area (Å²) in [6, 6.07) is 11.6. The van der Waals surface area contributed by atoms with E-state index < -0.39 is 11.6 Å². The van der Waals surface area contributed by atoms with Crippen LogP contribution in [0.4, 0.5) is 0 Å². The minimum atomic E-state index is -0.709. The van der Waals surface area contributed by atoms with E-state index in [9.17, 15) is 9.59 Å². The van der Waals surface area contributed by atoms with Gasteiger partial charge in [-0.1, -0.05) is 51.3 Å². The number of benzene rings is 2. The molecule has 0 radical (unpaired) electrons. The van der Waals surface area contributed by atoms with Gasteiger partial charge in [-0.2, -0.15) is 0 Å². The first-order chi connectivity index (χ1) is 14.0. The Morgan fingerprint density at radius 2 is 1.87 bits per heavy atom. The van der Waals surface area contributed by atoms with Crippen molar-refractivity contribution in [2.24, 2.45) is 0 Å². The largest absolute Gasteiger partial charge is 0.482 e. The second kappa shape index (κ2) is 10.5. The van der Waals surface area contributed by atoms with Crippen LogP contribution in [-0.2, 0) is 16.1 Å². The van der Waals surface area contributed by atoms with Crippen molar-refractivity contribution in [3.05, 3.63) is 62.5 Å². The van der Waals surface area contributed by atoms with Crippen LogP contribution < -0.4 is 10.1 Å². The normalized spacial score (nSPS) is 12.2. The molecule has 5 nitrogen and oxygen atoms in total. The maximum absolute atomic E-state index is 13.0. The highest BCUT2D eigenvalue weighted by Gasteiger charge is 2.28. The first-order valence-corrected chi connectivity index (χ1v) is 10.9. The number of ether oxygens (including phenoxy) is 1. The summed E-state index contributed by atoms with van der Waals surface area (Å²) in [5.74, 6) is -0.201. The van der Waals surface area contributed by atoms with Crippen LogP contribution in [0.25, 0.3) is 0 Å². The Bertz CT molecular complexity index is 915. The van der Waals surface area contributed by atoms with Crippen molar-refractivity contribution in [2.45, 2.75) is 45.8 Å². The standard InChI is InChI=1S/C22H25BrCl2N2O3/c1-14(21(29)26-22(2,3)4)27(12-15-6-5-7-17(24)10-15)20(28)13-30-19-9-8-16(23)11-18(19)25/h5-11,14H,12-13H2,1-4H3,(H,26,29). The van der Waals surface area contributed by atoms with Gasteiger partial charge in [0.2, 0.25) is 5.91 Å². The number of amides is 2. The van der Waals surface area contributed by atoms with Crippen LogP contribution in [0.3, 0.4) is 0 Å². The molecule has 162 valence electrons. The fourth-order valence-corrected chi connectivity index (χ4v) is 3.64. The summed E-state index contributed by atoms with van der Waals surface area (Å²) < 4.78 is 6.43. The quantitative estimate of drug-likeness (QED) is 0.532. The van der Waals surface area contributed by atoms with E-state index in [1.165, 1.54) is 4.90 Å². The van der Waals surface area contributed by atoms with E-state index in [4.69, 9.17) is 27.9 Å². The van der Waals surface area contributed by atoms with E-state index in [1.54, 1.807) is 43.3 Å². The molecule has 0 aliphatic rings. The second-order valence-electron chi connectivity index (χ2n) is 7.93. The van der Waals surface area contributed by atoms with Gasteiger partial charge in [0.25, 0.3) is 5.91 Å². The van der Waals surface area contributed by atoms with Crippen molar-refractivity contribution in [3.8, 4) is 5.75 Å². The second-order valence-corrected chi connectivity index (χ2v) is 9.69. The van der Waals surface area contributed by atoms with Crippen molar-refractivity contribution < 1.29 is 14.3 Å². The molecule has 0 heterocycles. The molecule has 0 aromatic heterocycles. The van der Waals surface area contributed by atoms with Gasteiger partial charge >= 0.3 is 0 Å². The van der Waals surface area contributed by atoms with Crippen LogP contribution in [0.1, 0.15) is 33.3 Å². The first-order valence-electron chi connectivity index (χ1n) is 9.40. The van der Waals surface area contributed by atoms with Gasteiger partial charge in [0.15, 0.2) is 6.61 Å². The molecular formula is C22H25BrCl2N2O3. The van der Waals surface area contributed by atoms with Crippen LogP contribution in [0.5, 0.6) is 5.75 Å². The van der Waals surface area contributed by atoms with Gasteiger partial charge in [-0.3, -0.25) is 9.59 Å². The molecule has 0 aliphatic carbocycles. The Hall–Kier alpha value is -1.76. The van der Waals surface area contributed by atoms with Crippen LogP contribution in [0.15, 0.2) is 46.9 Å². The molecule has 0 fully saturated rings. The maximum Gasteiger partial charge on any atom is 0.261 e. The number of carbonyl (C=O) groups excluding carboxylic acids is 2. The molecule has 1 unspecified atom stereocenters. The molecular weight excluding hydrogens is 491 g/mol. The molecule has 0 saturated carbocycles. The predicted molar refractivity (Wildman–Crippen MR) is 124 cm³/mol. The van der Waals surface area contributed by atoms with Crippen molar-refractivity contribution in [1.82, 2.24) is 10.2 Å². The van der Waals surface area contributed by atoms with Crippen molar-refractivity contribution in [2.75, 3.05) is 6.61 Å². The Balaban J connectivity index is 2.20. The number of rotatable bonds is 7. The van der Waals surface area contributed by atoms with E-state index in [0.29, 0.717) is 15.8 Å². The molecule has 2 aromatic carbocycles. The zero-order valence-electron chi connectivity index (χ0n) is 17.3. The zero-order chi connectivity index (χ0) is 22.5. The summed E-state index contributed by atoms with van der Waals surface area (Å²) in [5.41, 5.74) is 0.394. The average Bonchev–Trinajstić information content (AvgIpc) is 2.63. The number of nitrogens with zero attached hydrogens (tertiary/aromatic N) is 1. The highest BCUT2D eigenvalue weighted by atomic mass is 79.9. The summed E-state index contributed by atoms with van der Waals surface area (Å²) >= 11 is 15.6. The van der Waals surface area contributed by atoms with Crippen molar-refractivity contribution in [1.29, 1.82) is 0 Å². The van der Waals surface area contributed by atoms with Gasteiger partial charge in [-0.15, -0.1) is 0 Å². The number of nitrogens with one attached hydrogen (secondary N) is 1. The summed E-state index contributed by atoms with van der Waals surface area (Å²) in [7, 11) is 0. The average molecular weight is 516 g/mol. The molecule has 1 atom stereocenters. The topological polar surface area (TPSA) is 58.6 Å². The Kier molecular flexibility index (Phi) is 8.59. The van der Waals surface area contributed by atoms with E-state index >= 15 is 0 Å². The molecule has 30 heavy (non-hydrogen) atoms. The minimum Gasteiger partial charge on any atom is -0.482 e. The lowest BCUT2D eigenvalue weighted by Crippen LogP contribution is -2.53. The summed E-state index contributed by atoms with van der Waals surface area (Å²) in [6.07, 6.45) is 0. The summed E-state index contributed by atoms with van der Waals surface area (Å²) in [6.45, 7) is 7.32. The Labute approximate surface area is 195 Å². The fraction of sp³-hybridized carbons (Fsp3) is 0.364. The number of carbonyl (C=O) groups is 2. The van der Waals surface area contributed by atoms with Crippen LogP contribution in [-0.4, -0.2) is 34.9 Å². The molecule has 0 saturated heterocycles. The van der Waals surface area contributed by atoms with Gasteiger partial charge in [0.05, 0.1) is 5.02 Å². The molecule has 2 rings (SSSR count). The third kappa shape index (κ3) is 7.49. The fourth-order valence-electron chi connectivity index (χ4n) is 2.70. The molecule has 0 spiro atoms. The van der Waals surface area contributed by atoms with Crippen LogP contribution in [0, 0.1) is 0 Å². The van der Waals surface area contributed by atoms with Gasteiger partial charge < -0.3 is 15.0 Å². The third-order valence-electron chi connectivity index (χ3n) is 4.15. The van der Waals surface area contributed by atoms with Gasteiger partial charge in [0, 0.05) is 21.6 Å². The van der Waals surface area contributed by atoms with Gasteiger partial charge in [0.1, 0.15) is 11.8 Å². The first kappa shape index (κ1) is 24.5. The van der Waals surface area contributed by atoms with Crippen molar-refractivity contribution >= 4 is 50.9 Å². The number of halogens is 3. The monoisotopic (exact) mass is 514 g/mol. The summed E-state index contributed by atoms with van der Waals surface area (Å²) in [5, 5.41) is 3.86. The molecule has 0 bridgehead atoms. The smallest absolute Gasteiger partial charge is 0.261 e. The van der Waals surface area contributed by atoms with E-state index in [2.05, 4.69) is 21.2 Å². The van der Waals surface area contributed by atoms with Gasteiger partial charge in [-0.05, 0) is 63.6 Å². The van der Waals surface area contributed by atoms with Crippen molar-refractivity contribution in [3.63, 3.8) is 0 Å². The molecule has 1 N–H and O–H groups in total. The summed E-state index contributed by atoms with van der Waals surface area (Å²) in [4.78, 5) is 27.2. The molecule has 2 aromatic rings. The minimum absolute atomic E-state index is 0.218. The third-order valence-corrected chi connectivity index (χ3v) is 5.18. The van der Waals surface area contributed by atoms with Gasteiger partial charge in [-0.25, -0.2) is 0 Å². The van der Waals surface area contributed by atoms with Crippen LogP contribution in [0.2, 0.25) is 10.0 Å². The van der Waals surface area contributed by atoms with E-state index in [-0.39, 0.29) is 25.0 Å². The lowest BCUT2D eigenvalue weighted by molar-refractivity contribution is -0.142. The number of hydrogen-bond acceptors (Lipinski definition) is 3.